The summed E-state index contributed by atoms with van der Waals surface area (Å²) in [7, 11) is 0. The van der Waals surface area contributed by atoms with Gasteiger partial charge in [0.1, 0.15) is 0 Å². The van der Waals surface area contributed by atoms with Gasteiger partial charge >= 0.3 is 0 Å². The lowest BCUT2D eigenvalue weighted by atomic mass is 10.2. The van der Waals surface area contributed by atoms with Crippen LogP contribution in [0.4, 0.5) is 0 Å². The molecule has 2 nitrogen and oxygen atoms in total. The Labute approximate surface area is 48.4 Å². The predicted molar refractivity (Wildman–Crippen MR) is 29.1 cm³/mol. The minimum atomic E-state index is 0.660. The van der Waals surface area contributed by atoms with Gasteiger partial charge in [-0.1, -0.05) is 0 Å². The highest BCUT2D eigenvalue weighted by Crippen LogP contribution is 2.08. The molecule has 0 radical (unpaired) electrons. The van der Waals surface area contributed by atoms with E-state index in [4.69, 9.17) is 10.00 Å². The van der Waals surface area contributed by atoms with E-state index in [0.29, 0.717) is 6.61 Å². The second-order valence-electron chi connectivity index (χ2n) is 1.73. The van der Waals surface area contributed by atoms with Crippen LogP contribution in [0.5, 0.6) is 0 Å². The van der Waals surface area contributed by atoms with Crippen molar-refractivity contribution >= 4 is 0 Å². The summed E-state index contributed by atoms with van der Waals surface area (Å²) in [5, 5.41) is 8.14. The number of hydrogen-bond acceptors (Lipinski definition) is 2. The molecule has 0 amide bonds. The van der Waals surface area contributed by atoms with Crippen LogP contribution >= 0.6 is 0 Å². The minimum absolute atomic E-state index is 0.660. The molecule has 1 aliphatic heterocycles. The standard InChI is InChI=1S/C6H7NO/c7-3-1-6-2-4-8-5-6/h1H,2,4-5H2/b6-1+. The third-order valence-electron chi connectivity index (χ3n) is 1.12. The van der Waals surface area contributed by atoms with E-state index in [1.807, 2.05) is 6.07 Å². The number of allylic oxidation sites excluding steroid dienone is 1. The molecule has 0 saturated carbocycles. The van der Waals surface area contributed by atoms with Crippen molar-refractivity contribution in [2.45, 2.75) is 6.42 Å². The zero-order chi connectivity index (χ0) is 5.82. The molecule has 1 heterocycles. The number of hydrogen-bond donors (Lipinski definition) is 0. The summed E-state index contributed by atoms with van der Waals surface area (Å²) in [5.41, 5.74) is 1.12. The lowest BCUT2D eigenvalue weighted by Gasteiger charge is -1.82. The van der Waals surface area contributed by atoms with Crippen LogP contribution < -0.4 is 0 Å². The summed E-state index contributed by atoms with van der Waals surface area (Å²) >= 11 is 0. The molecule has 2 heteroatoms. The predicted octanol–water partition coefficient (Wildman–Crippen LogP) is 0.857. The molecular formula is C6H7NO. The number of nitriles is 1. The summed E-state index contributed by atoms with van der Waals surface area (Å²) in [4.78, 5) is 0. The van der Waals surface area contributed by atoms with Crippen LogP contribution in [0.2, 0.25) is 0 Å². The zero-order valence-corrected chi connectivity index (χ0v) is 4.55. The van der Waals surface area contributed by atoms with E-state index >= 15 is 0 Å². The molecule has 1 fully saturated rings. The van der Waals surface area contributed by atoms with Crippen LogP contribution in [0.25, 0.3) is 0 Å². The highest BCUT2D eigenvalue weighted by molar-refractivity contribution is 5.15. The van der Waals surface area contributed by atoms with Crippen LogP contribution in [-0.2, 0) is 4.74 Å². The largest absolute Gasteiger partial charge is 0.377 e. The zero-order valence-electron chi connectivity index (χ0n) is 4.55. The van der Waals surface area contributed by atoms with Gasteiger partial charge in [-0.3, -0.25) is 0 Å². The molecule has 0 unspecified atom stereocenters. The third kappa shape index (κ3) is 1.08. The van der Waals surface area contributed by atoms with Crippen molar-refractivity contribution in [1.82, 2.24) is 0 Å². The molecule has 0 aromatic rings. The van der Waals surface area contributed by atoms with Crippen LogP contribution in [0, 0.1) is 11.3 Å². The van der Waals surface area contributed by atoms with E-state index < -0.39 is 0 Å². The van der Waals surface area contributed by atoms with Gasteiger partial charge < -0.3 is 4.74 Å². The van der Waals surface area contributed by atoms with Gasteiger partial charge in [-0.15, -0.1) is 0 Å². The average Bonchev–Trinajstić information content (AvgIpc) is 2.19. The molecule has 0 atom stereocenters. The summed E-state index contributed by atoms with van der Waals surface area (Å²) in [6.07, 6.45) is 2.50. The lowest BCUT2D eigenvalue weighted by Crippen LogP contribution is -1.78. The molecule has 8 heavy (non-hydrogen) atoms. The van der Waals surface area contributed by atoms with E-state index in [2.05, 4.69) is 0 Å². The van der Waals surface area contributed by atoms with Crippen molar-refractivity contribution in [3.05, 3.63) is 11.6 Å². The van der Waals surface area contributed by atoms with Gasteiger partial charge in [-0.2, -0.15) is 5.26 Å². The summed E-state index contributed by atoms with van der Waals surface area (Å²) < 4.78 is 4.99. The Balaban J connectivity index is 2.48. The first-order chi connectivity index (χ1) is 3.93. The van der Waals surface area contributed by atoms with Crippen molar-refractivity contribution in [3.8, 4) is 6.07 Å². The number of ether oxygens (including phenoxy) is 1. The van der Waals surface area contributed by atoms with Crippen molar-refractivity contribution in [2.75, 3.05) is 13.2 Å². The van der Waals surface area contributed by atoms with Gasteiger partial charge in [0.2, 0.25) is 0 Å². The van der Waals surface area contributed by atoms with Gasteiger partial charge in [0, 0.05) is 6.08 Å². The van der Waals surface area contributed by atoms with Gasteiger partial charge in [-0.05, 0) is 12.0 Å². The summed E-state index contributed by atoms with van der Waals surface area (Å²) in [6.45, 7) is 1.45. The lowest BCUT2D eigenvalue weighted by molar-refractivity contribution is 0.204. The topological polar surface area (TPSA) is 33.0 Å². The van der Waals surface area contributed by atoms with E-state index in [1.54, 1.807) is 6.08 Å². The molecule has 0 bridgehead atoms. The fourth-order valence-corrected chi connectivity index (χ4v) is 0.684. The van der Waals surface area contributed by atoms with E-state index in [9.17, 15) is 0 Å². The maximum absolute atomic E-state index is 8.14. The normalized spacial score (nSPS) is 23.6. The Bertz CT molecular complexity index is 135. The van der Waals surface area contributed by atoms with Crippen molar-refractivity contribution in [1.29, 1.82) is 5.26 Å². The second-order valence-corrected chi connectivity index (χ2v) is 1.73. The van der Waals surface area contributed by atoms with Gasteiger partial charge in [0.05, 0.1) is 19.3 Å². The Hall–Kier alpha value is -0.810. The first-order valence-corrected chi connectivity index (χ1v) is 2.59. The smallest absolute Gasteiger partial charge is 0.0912 e. The first kappa shape index (κ1) is 5.33. The molecule has 42 valence electrons. The Morgan fingerprint density at radius 1 is 1.75 bits per heavy atom. The molecule has 1 rings (SSSR count). The van der Waals surface area contributed by atoms with E-state index in [-0.39, 0.29) is 0 Å². The van der Waals surface area contributed by atoms with Gasteiger partial charge in [-0.25, -0.2) is 0 Å². The van der Waals surface area contributed by atoms with E-state index in [0.717, 1.165) is 18.6 Å². The van der Waals surface area contributed by atoms with Crippen LogP contribution in [-0.4, -0.2) is 13.2 Å². The summed E-state index contributed by atoms with van der Waals surface area (Å²) in [6, 6.07) is 1.97. The molecule has 1 aliphatic rings. The van der Waals surface area contributed by atoms with Crippen molar-refractivity contribution in [3.63, 3.8) is 0 Å². The molecule has 1 saturated heterocycles. The highest BCUT2D eigenvalue weighted by atomic mass is 16.5. The van der Waals surface area contributed by atoms with Crippen molar-refractivity contribution in [2.24, 2.45) is 0 Å². The fourth-order valence-electron chi connectivity index (χ4n) is 0.684. The SMILES string of the molecule is N#C/C=C1\CCOC1. The monoisotopic (exact) mass is 109 g/mol. The molecule has 0 spiro atoms. The number of rotatable bonds is 0. The minimum Gasteiger partial charge on any atom is -0.377 e. The van der Waals surface area contributed by atoms with Crippen LogP contribution in [0.3, 0.4) is 0 Å². The highest BCUT2D eigenvalue weighted by Gasteiger charge is 2.04. The van der Waals surface area contributed by atoms with Gasteiger partial charge in [0.25, 0.3) is 0 Å². The molecule has 0 aromatic heterocycles. The maximum Gasteiger partial charge on any atom is 0.0912 e. The summed E-state index contributed by atoms with van der Waals surface area (Å²) in [5.74, 6) is 0. The number of nitrogens with zero attached hydrogens (tertiary/aromatic N) is 1. The molecule has 0 aliphatic carbocycles. The second kappa shape index (κ2) is 2.49. The first-order valence-electron chi connectivity index (χ1n) is 2.59. The molecule has 0 aromatic carbocycles. The molecule has 0 N–H and O–H groups in total. The quantitative estimate of drug-likeness (QED) is 0.432. The Morgan fingerprint density at radius 3 is 3.12 bits per heavy atom. The molecular weight excluding hydrogens is 102 g/mol. The van der Waals surface area contributed by atoms with Gasteiger partial charge in [0.15, 0.2) is 0 Å². The van der Waals surface area contributed by atoms with Crippen LogP contribution in [0.15, 0.2) is 11.6 Å². The Kier molecular flexibility index (Phi) is 1.66. The average molecular weight is 109 g/mol. The fraction of sp³-hybridized carbons (Fsp3) is 0.500. The van der Waals surface area contributed by atoms with E-state index in [1.165, 1.54) is 0 Å². The van der Waals surface area contributed by atoms with Crippen LogP contribution in [0.1, 0.15) is 6.42 Å². The Morgan fingerprint density at radius 2 is 2.62 bits per heavy atom. The maximum atomic E-state index is 8.14. The van der Waals surface area contributed by atoms with Crippen molar-refractivity contribution < 1.29 is 4.74 Å². The third-order valence-corrected chi connectivity index (χ3v) is 1.12.